The Labute approximate surface area is 149 Å². The molecule has 4 aromatic rings. The normalized spacial score (nSPS) is 17.8. The molecule has 1 saturated heterocycles. The topological polar surface area (TPSA) is 70.0 Å². The Morgan fingerprint density at radius 3 is 3.04 bits per heavy atom. The summed E-state index contributed by atoms with van der Waals surface area (Å²) < 4.78 is 15.5. The molecule has 1 aliphatic heterocycles. The number of rotatable bonds is 3. The predicted molar refractivity (Wildman–Crippen MR) is 99.8 cm³/mol. The number of aromatic nitrogens is 4. The number of benzene rings is 1. The standard InChI is InChI=1S/C19H19FN6/c20-17-11-23-19-14(15-10-22-16-6-2-1-5-13(15)16)8-18(25-26(17)19)24-12-4-3-7-21-9-12/h1-2,5-6,8,10-12,21-22H,3-4,7,9H2,(H,24,25)/t12-/m1/s1. The van der Waals surface area contributed by atoms with E-state index in [9.17, 15) is 4.39 Å². The van der Waals surface area contributed by atoms with Crippen LogP contribution in [0, 0.1) is 5.95 Å². The maximum Gasteiger partial charge on any atom is 0.234 e. The van der Waals surface area contributed by atoms with E-state index < -0.39 is 5.95 Å². The molecule has 1 atom stereocenters. The maximum atomic E-state index is 14.2. The second kappa shape index (κ2) is 6.10. The number of piperidine rings is 1. The molecule has 0 aliphatic carbocycles. The van der Waals surface area contributed by atoms with Gasteiger partial charge >= 0.3 is 0 Å². The Hall–Kier alpha value is -2.93. The molecule has 132 valence electrons. The van der Waals surface area contributed by atoms with Gasteiger partial charge in [-0.3, -0.25) is 0 Å². The molecular formula is C19H19FN6. The first-order valence-corrected chi connectivity index (χ1v) is 8.87. The molecule has 7 heteroatoms. The van der Waals surface area contributed by atoms with E-state index in [4.69, 9.17) is 0 Å². The van der Waals surface area contributed by atoms with Crippen LogP contribution < -0.4 is 10.6 Å². The third kappa shape index (κ3) is 2.52. The van der Waals surface area contributed by atoms with Crippen molar-refractivity contribution in [3.05, 3.63) is 48.7 Å². The minimum Gasteiger partial charge on any atom is -0.365 e. The first-order valence-electron chi connectivity index (χ1n) is 8.87. The average molecular weight is 350 g/mol. The fourth-order valence-corrected chi connectivity index (χ4v) is 3.69. The number of anilines is 1. The van der Waals surface area contributed by atoms with E-state index in [1.165, 1.54) is 10.7 Å². The highest BCUT2D eigenvalue weighted by Gasteiger charge is 2.18. The van der Waals surface area contributed by atoms with Gasteiger partial charge in [-0.2, -0.15) is 8.91 Å². The van der Waals surface area contributed by atoms with Gasteiger partial charge in [-0.15, -0.1) is 5.10 Å². The van der Waals surface area contributed by atoms with E-state index in [1.54, 1.807) is 0 Å². The van der Waals surface area contributed by atoms with Crippen LogP contribution >= 0.6 is 0 Å². The number of halogens is 1. The number of nitrogens with zero attached hydrogens (tertiary/aromatic N) is 3. The first-order chi connectivity index (χ1) is 12.8. The van der Waals surface area contributed by atoms with Crippen LogP contribution in [0.4, 0.5) is 10.2 Å². The Morgan fingerprint density at radius 1 is 1.23 bits per heavy atom. The number of aromatic amines is 1. The lowest BCUT2D eigenvalue weighted by Gasteiger charge is -2.24. The minimum atomic E-state index is -0.466. The molecule has 3 N–H and O–H groups in total. The molecule has 0 bridgehead atoms. The van der Waals surface area contributed by atoms with Crippen molar-refractivity contribution in [1.82, 2.24) is 24.9 Å². The number of nitrogens with one attached hydrogen (secondary N) is 3. The maximum absolute atomic E-state index is 14.2. The van der Waals surface area contributed by atoms with Crippen LogP contribution in [-0.2, 0) is 0 Å². The molecule has 1 aliphatic rings. The van der Waals surface area contributed by atoms with Crippen LogP contribution in [0.15, 0.2) is 42.7 Å². The van der Waals surface area contributed by atoms with Crippen LogP contribution in [-0.4, -0.2) is 38.7 Å². The molecule has 0 spiro atoms. The highest BCUT2D eigenvalue weighted by Crippen LogP contribution is 2.32. The van der Waals surface area contributed by atoms with Crippen LogP contribution in [0.3, 0.4) is 0 Å². The van der Waals surface area contributed by atoms with Crippen molar-refractivity contribution < 1.29 is 4.39 Å². The van der Waals surface area contributed by atoms with Crippen LogP contribution in [0.5, 0.6) is 0 Å². The fourth-order valence-electron chi connectivity index (χ4n) is 3.69. The van der Waals surface area contributed by atoms with E-state index in [2.05, 4.69) is 31.8 Å². The van der Waals surface area contributed by atoms with Gasteiger partial charge in [0.1, 0.15) is 5.82 Å². The summed E-state index contributed by atoms with van der Waals surface area (Å²) in [6.07, 6.45) is 5.35. The number of hydrogen-bond donors (Lipinski definition) is 3. The van der Waals surface area contributed by atoms with Crippen molar-refractivity contribution in [3.8, 4) is 11.1 Å². The molecular weight excluding hydrogens is 331 g/mol. The van der Waals surface area contributed by atoms with Gasteiger partial charge in [0.2, 0.25) is 5.95 Å². The number of hydrogen-bond acceptors (Lipinski definition) is 4. The molecule has 3 aromatic heterocycles. The van der Waals surface area contributed by atoms with Gasteiger partial charge in [0.05, 0.1) is 6.20 Å². The summed E-state index contributed by atoms with van der Waals surface area (Å²) in [4.78, 5) is 7.52. The summed E-state index contributed by atoms with van der Waals surface area (Å²) in [6, 6.07) is 10.3. The molecule has 26 heavy (non-hydrogen) atoms. The molecule has 0 unspecified atom stereocenters. The zero-order chi connectivity index (χ0) is 17.5. The Bertz CT molecular complexity index is 1080. The number of fused-ring (bicyclic) bond motifs is 2. The van der Waals surface area contributed by atoms with Gasteiger partial charge in [-0.05, 0) is 31.5 Å². The SMILES string of the molecule is Fc1cnc2c(-c3c[nH]c4ccccc34)cc(N[C@@H]3CCCNC3)nn12. The third-order valence-electron chi connectivity index (χ3n) is 4.95. The van der Waals surface area contributed by atoms with Crippen molar-refractivity contribution in [3.63, 3.8) is 0 Å². The predicted octanol–water partition coefficient (Wildman–Crippen LogP) is 3.18. The van der Waals surface area contributed by atoms with Gasteiger partial charge in [-0.25, -0.2) is 4.98 Å². The van der Waals surface area contributed by atoms with Crippen molar-refractivity contribution in [2.24, 2.45) is 0 Å². The van der Waals surface area contributed by atoms with Gasteiger partial charge in [0, 0.05) is 40.8 Å². The second-order valence-corrected chi connectivity index (χ2v) is 6.70. The number of H-pyrrole nitrogens is 1. The smallest absolute Gasteiger partial charge is 0.234 e. The van der Waals surface area contributed by atoms with Gasteiger partial charge in [0.15, 0.2) is 5.65 Å². The molecule has 0 radical (unpaired) electrons. The highest BCUT2D eigenvalue weighted by molar-refractivity contribution is 5.99. The highest BCUT2D eigenvalue weighted by atomic mass is 19.1. The lowest BCUT2D eigenvalue weighted by atomic mass is 10.1. The van der Waals surface area contributed by atoms with Crippen molar-refractivity contribution >= 4 is 22.4 Å². The van der Waals surface area contributed by atoms with Gasteiger partial charge in [0.25, 0.3) is 0 Å². The average Bonchev–Trinajstić information content (AvgIpc) is 3.26. The molecule has 0 amide bonds. The Kier molecular flexibility index (Phi) is 3.60. The van der Waals surface area contributed by atoms with Crippen molar-refractivity contribution in [2.45, 2.75) is 18.9 Å². The molecule has 1 fully saturated rings. The van der Waals surface area contributed by atoms with Crippen LogP contribution in [0.1, 0.15) is 12.8 Å². The van der Waals surface area contributed by atoms with Crippen molar-refractivity contribution in [2.75, 3.05) is 18.4 Å². The summed E-state index contributed by atoms with van der Waals surface area (Å²) in [5.41, 5.74) is 3.39. The van der Waals surface area contributed by atoms with E-state index in [1.807, 2.05) is 30.5 Å². The zero-order valence-electron chi connectivity index (χ0n) is 14.2. The van der Waals surface area contributed by atoms with Gasteiger partial charge in [-0.1, -0.05) is 18.2 Å². The van der Waals surface area contributed by atoms with E-state index in [0.717, 1.165) is 48.0 Å². The summed E-state index contributed by atoms with van der Waals surface area (Å²) >= 11 is 0. The molecule has 5 rings (SSSR count). The minimum absolute atomic E-state index is 0.288. The monoisotopic (exact) mass is 350 g/mol. The van der Waals surface area contributed by atoms with E-state index in [-0.39, 0.29) is 6.04 Å². The summed E-state index contributed by atoms with van der Waals surface area (Å²) in [5, 5.41) is 12.3. The summed E-state index contributed by atoms with van der Waals surface area (Å²) in [6.45, 7) is 1.93. The Balaban J connectivity index is 1.66. The number of para-hydroxylation sites is 1. The molecule has 4 heterocycles. The lowest BCUT2D eigenvalue weighted by Crippen LogP contribution is -2.38. The molecule has 1 aromatic carbocycles. The van der Waals surface area contributed by atoms with Gasteiger partial charge < -0.3 is 15.6 Å². The molecule has 0 saturated carbocycles. The van der Waals surface area contributed by atoms with Crippen LogP contribution in [0.25, 0.3) is 27.7 Å². The number of imidazole rings is 1. The van der Waals surface area contributed by atoms with Crippen molar-refractivity contribution in [1.29, 1.82) is 0 Å². The zero-order valence-corrected chi connectivity index (χ0v) is 14.2. The Morgan fingerprint density at radius 2 is 2.15 bits per heavy atom. The fraction of sp³-hybridized carbons (Fsp3) is 0.263. The van der Waals surface area contributed by atoms with E-state index in [0.29, 0.717) is 11.5 Å². The largest absolute Gasteiger partial charge is 0.365 e. The first kappa shape index (κ1) is 15.3. The molecule has 6 nitrogen and oxygen atoms in total. The summed E-state index contributed by atoms with van der Waals surface area (Å²) in [5.74, 6) is 0.190. The van der Waals surface area contributed by atoms with E-state index >= 15 is 0 Å². The second-order valence-electron chi connectivity index (χ2n) is 6.70. The summed E-state index contributed by atoms with van der Waals surface area (Å²) in [7, 11) is 0. The lowest BCUT2D eigenvalue weighted by molar-refractivity contribution is 0.477. The quantitative estimate of drug-likeness (QED) is 0.531. The third-order valence-corrected chi connectivity index (χ3v) is 4.95. The van der Waals surface area contributed by atoms with Crippen LogP contribution in [0.2, 0.25) is 0 Å².